The number of hydrogen-bond donors (Lipinski definition) is 1. The van der Waals surface area contributed by atoms with Crippen molar-refractivity contribution in [1.82, 2.24) is 14.6 Å². The number of nitrogens with one attached hydrogen (secondary N) is 1. The average molecular weight is 490 g/mol. The van der Waals surface area contributed by atoms with Crippen molar-refractivity contribution in [2.75, 3.05) is 20.2 Å². The van der Waals surface area contributed by atoms with Crippen LogP contribution in [0, 0.1) is 0 Å². The molecule has 2 heterocycles. The second-order valence-electron chi connectivity index (χ2n) is 7.90. The van der Waals surface area contributed by atoms with Gasteiger partial charge in [0.15, 0.2) is 5.58 Å². The quantitative estimate of drug-likeness (QED) is 0.480. The highest BCUT2D eigenvalue weighted by Gasteiger charge is 2.27. The van der Waals surface area contributed by atoms with Crippen LogP contribution in [-0.4, -0.2) is 49.1 Å². The number of aromatic nitrogens is 1. The summed E-state index contributed by atoms with van der Waals surface area (Å²) in [5, 5.41) is 2.79. The number of benzene rings is 2. The van der Waals surface area contributed by atoms with Gasteiger partial charge in [-0.15, -0.1) is 0 Å². The van der Waals surface area contributed by atoms with Crippen molar-refractivity contribution < 1.29 is 22.4 Å². The molecule has 1 aliphatic rings. The lowest BCUT2D eigenvalue weighted by molar-refractivity contribution is -0.120. The molecule has 1 saturated heterocycles. The first-order valence-electron chi connectivity index (χ1n) is 10.8. The molecule has 2 aromatic carbocycles. The Bertz CT molecular complexity index is 1220. The molecule has 0 unspecified atom stereocenters. The molecule has 4 rings (SSSR count). The predicted molar refractivity (Wildman–Crippen MR) is 127 cm³/mol. The lowest BCUT2D eigenvalue weighted by Crippen LogP contribution is -2.35. The van der Waals surface area contributed by atoms with Gasteiger partial charge >= 0.3 is 0 Å². The van der Waals surface area contributed by atoms with Crippen LogP contribution in [0.25, 0.3) is 11.1 Å². The van der Waals surface area contributed by atoms with Gasteiger partial charge in [-0.05, 0) is 55.7 Å². The Morgan fingerprint density at radius 1 is 1.18 bits per heavy atom. The first kappa shape index (κ1) is 23.6. The fraction of sp³-hybridized carbons (Fsp3) is 0.391. The normalized spacial score (nSPS) is 15.9. The van der Waals surface area contributed by atoms with Gasteiger partial charge in [-0.2, -0.15) is 4.31 Å². The highest BCUT2D eigenvalue weighted by atomic mass is 32.2. The maximum Gasteiger partial charge on any atom is 0.257 e. The minimum atomic E-state index is -3.55. The summed E-state index contributed by atoms with van der Waals surface area (Å²) in [6.07, 6.45) is 2.82. The summed E-state index contributed by atoms with van der Waals surface area (Å²) in [7, 11) is -1.94. The average Bonchev–Trinajstić information content (AvgIpc) is 3.24. The molecule has 1 aliphatic heterocycles. The number of methoxy groups -OCH3 is 1. The van der Waals surface area contributed by atoms with Gasteiger partial charge in [0.25, 0.3) is 5.22 Å². The van der Waals surface area contributed by atoms with Gasteiger partial charge in [-0.3, -0.25) is 4.79 Å². The van der Waals surface area contributed by atoms with Crippen molar-refractivity contribution in [3.05, 3.63) is 48.0 Å². The third-order valence-electron chi connectivity index (χ3n) is 5.56. The molecule has 33 heavy (non-hydrogen) atoms. The molecule has 3 aromatic rings. The van der Waals surface area contributed by atoms with Crippen LogP contribution < -0.4 is 10.1 Å². The highest BCUT2D eigenvalue weighted by molar-refractivity contribution is 8.00. The maximum atomic E-state index is 12.9. The van der Waals surface area contributed by atoms with Gasteiger partial charge in [-0.25, -0.2) is 13.4 Å². The molecule has 1 atom stereocenters. The zero-order chi connectivity index (χ0) is 23.4. The van der Waals surface area contributed by atoms with Gasteiger partial charge < -0.3 is 14.5 Å². The Morgan fingerprint density at radius 3 is 2.61 bits per heavy atom. The van der Waals surface area contributed by atoms with Crippen LogP contribution in [0.3, 0.4) is 0 Å². The van der Waals surface area contributed by atoms with Gasteiger partial charge in [-0.1, -0.05) is 30.3 Å². The minimum absolute atomic E-state index is 0.147. The smallest absolute Gasteiger partial charge is 0.257 e. The second-order valence-corrected chi connectivity index (χ2v) is 11.1. The number of amides is 1. The molecule has 176 valence electrons. The zero-order valence-corrected chi connectivity index (χ0v) is 20.2. The molecular formula is C23H27N3O5S2. The number of rotatable bonds is 8. The largest absolute Gasteiger partial charge is 0.497 e. The summed E-state index contributed by atoms with van der Waals surface area (Å²) in [5.74, 6) is 0.614. The number of hydrogen-bond acceptors (Lipinski definition) is 7. The van der Waals surface area contributed by atoms with E-state index in [1.165, 1.54) is 16.1 Å². The first-order valence-corrected chi connectivity index (χ1v) is 13.2. The number of oxazole rings is 1. The number of piperidine rings is 1. The third-order valence-corrected chi connectivity index (χ3v) is 8.40. The molecule has 1 fully saturated rings. The molecule has 10 heteroatoms. The predicted octanol–water partition coefficient (Wildman–Crippen LogP) is 3.81. The van der Waals surface area contributed by atoms with E-state index >= 15 is 0 Å². The van der Waals surface area contributed by atoms with E-state index in [1.54, 1.807) is 32.2 Å². The van der Waals surface area contributed by atoms with E-state index < -0.39 is 15.3 Å². The number of thioether (sulfide) groups is 1. The van der Waals surface area contributed by atoms with Crippen molar-refractivity contribution in [1.29, 1.82) is 0 Å². The third kappa shape index (κ3) is 5.51. The topological polar surface area (TPSA) is 102 Å². The molecule has 0 saturated carbocycles. The van der Waals surface area contributed by atoms with Crippen molar-refractivity contribution in [2.45, 2.75) is 48.1 Å². The number of nitrogens with zero attached hydrogens (tertiary/aromatic N) is 2. The minimum Gasteiger partial charge on any atom is -0.497 e. The van der Waals surface area contributed by atoms with E-state index in [9.17, 15) is 13.2 Å². The van der Waals surface area contributed by atoms with Crippen LogP contribution in [0.4, 0.5) is 0 Å². The Kier molecular flexibility index (Phi) is 7.26. The van der Waals surface area contributed by atoms with Gasteiger partial charge in [0.05, 0.1) is 17.3 Å². The lowest BCUT2D eigenvalue weighted by Gasteiger charge is -2.25. The molecule has 0 radical (unpaired) electrons. The summed E-state index contributed by atoms with van der Waals surface area (Å²) < 4.78 is 38.3. The Hall–Kier alpha value is -2.56. The van der Waals surface area contributed by atoms with Crippen LogP contribution in [0.5, 0.6) is 5.75 Å². The van der Waals surface area contributed by atoms with Crippen molar-refractivity contribution in [3.63, 3.8) is 0 Å². The lowest BCUT2D eigenvalue weighted by atomic mass is 10.2. The molecule has 1 aromatic heterocycles. The van der Waals surface area contributed by atoms with E-state index in [-0.39, 0.29) is 10.8 Å². The molecule has 0 bridgehead atoms. The van der Waals surface area contributed by atoms with Gasteiger partial charge in [0.2, 0.25) is 15.9 Å². The fourth-order valence-corrected chi connectivity index (χ4v) is 5.95. The van der Waals surface area contributed by atoms with E-state index in [4.69, 9.17) is 9.15 Å². The van der Waals surface area contributed by atoms with Crippen LogP contribution >= 0.6 is 11.8 Å². The molecule has 1 N–H and O–H groups in total. The van der Waals surface area contributed by atoms with E-state index in [0.29, 0.717) is 36.0 Å². The van der Waals surface area contributed by atoms with Crippen LogP contribution in [0.15, 0.2) is 57.0 Å². The SMILES string of the molecule is COc1ccc(CNC(=O)[C@H](C)Sc2nc3cc(S(=O)(=O)N4CCCCC4)ccc3o2)cc1. The fourth-order valence-electron chi connectivity index (χ4n) is 3.63. The molecule has 1 amide bonds. The second kappa shape index (κ2) is 10.1. The van der Waals surface area contributed by atoms with Crippen LogP contribution in [0.1, 0.15) is 31.7 Å². The van der Waals surface area contributed by atoms with Gasteiger partial charge in [0.1, 0.15) is 11.3 Å². The highest BCUT2D eigenvalue weighted by Crippen LogP contribution is 2.29. The molecule has 0 spiro atoms. The molecular weight excluding hydrogens is 462 g/mol. The zero-order valence-electron chi connectivity index (χ0n) is 18.6. The van der Waals surface area contributed by atoms with E-state index in [1.807, 2.05) is 24.3 Å². The molecule has 8 nitrogen and oxygen atoms in total. The number of carbonyl (C=O) groups is 1. The van der Waals surface area contributed by atoms with E-state index in [0.717, 1.165) is 30.6 Å². The Labute approximate surface area is 197 Å². The van der Waals surface area contributed by atoms with Gasteiger partial charge in [0, 0.05) is 19.6 Å². The molecule has 0 aliphatic carbocycles. The number of sulfonamides is 1. The summed E-state index contributed by atoms with van der Waals surface area (Å²) in [4.78, 5) is 17.1. The van der Waals surface area contributed by atoms with Crippen LogP contribution in [0.2, 0.25) is 0 Å². The monoisotopic (exact) mass is 489 g/mol. The number of ether oxygens (including phenoxy) is 1. The first-order chi connectivity index (χ1) is 15.9. The Balaban J connectivity index is 1.40. The summed E-state index contributed by atoms with van der Waals surface area (Å²) in [5.41, 5.74) is 1.91. The van der Waals surface area contributed by atoms with Crippen molar-refractivity contribution in [3.8, 4) is 5.75 Å². The summed E-state index contributed by atoms with van der Waals surface area (Å²) in [6, 6.07) is 12.2. The van der Waals surface area contributed by atoms with E-state index in [2.05, 4.69) is 10.3 Å². The maximum absolute atomic E-state index is 12.9. The van der Waals surface area contributed by atoms with Crippen LogP contribution in [-0.2, 0) is 21.4 Å². The summed E-state index contributed by atoms with van der Waals surface area (Å²) in [6.45, 7) is 3.26. The summed E-state index contributed by atoms with van der Waals surface area (Å²) >= 11 is 1.19. The number of carbonyl (C=O) groups excluding carboxylic acids is 1. The standard InChI is InChI=1S/C23H27N3O5S2/c1-16(22(27)24-15-17-6-8-18(30-2)9-7-17)32-23-25-20-14-19(10-11-21(20)31-23)33(28,29)26-12-4-3-5-13-26/h6-11,14,16H,3-5,12-13,15H2,1-2H3,(H,24,27)/t16-/m0/s1. The van der Waals surface area contributed by atoms with Crippen molar-refractivity contribution in [2.24, 2.45) is 0 Å². The number of fused-ring (bicyclic) bond motifs is 1. The van der Waals surface area contributed by atoms with Crippen molar-refractivity contribution >= 4 is 38.8 Å². The Morgan fingerprint density at radius 2 is 1.91 bits per heavy atom.